The summed E-state index contributed by atoms with van der Waals surface area (Å²) in [5, 5.41) is 1.58. The summed E-state index contributed by atoms with van der Waals surface area (Å²) in [5.74, 6) is 1.80. The number of carbonyl (C=O) groups is 1. The van der Waals surface area contributed by atoms with Crippen LogP contribution in [0.4, 0.5) is 5.69 Å². The molecular formula is C30H28Cl2N2O4S. The van der Waals surface area contributed by atoms with Crippen LogP contribution in [0.5, 0.6) is 17.2 Å². The van der Waals surface area contributed by atoms with Crippen molar-refractivity contribution < 1.29 is 19.0 Å². The lowest BCUT2D eigenvalue weighted by molar-refractivity contribution is -0.122. The van der Waals surface area contributed by atoms with Crippen LogP contribution < -0.4 is 14.2 Å². The number of methoxy groups -OCH3 is 2. The molecule has 0 spiro atoms. The Morgan fingerprint density at radius 2 is 1.79 bits per heavy atom. The summed E-state index contributed by atoms with van der Waals surface area (Å²) >= 11 is 13.5. The van der Waals surface area contributed by atoms with E-state index in [0.717, 1.165) is 28.1 Å². The van der Waals surface area contributed by atoms with Gasteiger partial charge in [-0.25, -0.2) is 4.99 Å². The highest BCUT2D eigenvalue weighted by Gasteiger charge is 2.32. The first-order valence-corrected chi connectivity index (χ1v) is 13.8. The van der Waals surface area contributed by atoms with Gasteiger partial charge in [-0.05, 0) is 90.8 Å². The molecule has 202 valence electrons. The number of hydrogen-bond donors (Lipinski definition) is 0. The number of amidine groups is 1. The molecular weight excluding hydrogens is 555 g/mol. The summed E-state index contributed by atoms with van der Waals surface area (Å²) in [6.45, 7) is 6.60. The number of nitrogens with zero attached hydrogens (tertiary/aromatic N) is 2. The van der Waals surface area contributed by atoms with Gasteiger partial charge in [0.2, 0.25) is 0 Å². The van der Waals surface area contributed by atoms with Crippen LogP contribution in [0, 0.1) is 0 Å². The molecule has 3 aromatic carbocycles. The monoisotopic (exact) mass is 582 g/mol. The van der Waals surface area contributed by atoms with E-state index in [-0.39, 0.29) is 12.5 Å². The second-order valence-electron chi connectivity index (χ2n) is 8.49. The zero-order valence-electron chi connectivity index (χ0n) is 21.9. The van der Waals surface area contributed by atoms with Gasteiger partial charge in [0.25, 0.3) is 5.91 Å². The minimum absolute atomic E-state index is 0.0982. The molecule has 1 fully saturated rings. The Bertz CT molecular complexity index is 1440. The molecule has 0 unspecified atom stereocenters. The number of halogens is 2. The van der Waals surface area contributed by atoms with Gasteiger partial charge >= 0.3 is 0 Å². The van der Waals surface area contributed by atoms with E-state index < -0.39 is 0 Å². The summed E-state index contributed by atoms with van der Waals surface area (Å²) in [7, 11) is 3.20. The van der Waals surface area contributed by atoms with Crippen molar-refractivity contribution in [2.75, 3.05) is 20.8 Å². The smallest absolute Gasteiger partial charge is 0.266 e. The highest BCUT2D eigenvalue weighted by molar-refractivity contribution is 8.18. The Balaban J connectivity index is 1.63. The molecule has 1 aliphatic heterocycles. The molecule has 1 aliphatic rings. The topological polar surface area (TPSA) is 60.4 Å². The third-order valence-corrected chi connectivity index (χ3v) is 7.65. The molecule has 6 nitrogen and oxygen atoms in total. The number of aliphatic imine (C=N–C) groups is 1. The molecule has 3 aromatic rings. The van der Waals surface area contributed by atoms with Gasteiger partial charge in [0.05, 0.1) is 34.9 Å². The predicted octanol–water partition coefficient (Wildman–Crippen LogP) is 7.94. The minimum Gasteiger partial charge on any atom is -0.497 e. The van der Waals surface area contributed by atoms with E-state index in [0.29, 0.717) is 44.6 Å². The molecule has 0 atom stereocenters. The molecule has 39 heavy (non-hydrogen) atoms. The lowest BCUT2D eigenvalue weighted by Gasteiger charge is -2.16. The Morgan fingerprint density at radius 1 is 1.03 bits per heavy atom. The number of benzene rings is 3. The van der Waals surface area contributed by atoms with E-state index in [1.807, 2.05) is 55.5 Å². The number of likely N-dealkylation sites (N-methyl/N-ethyl adjacent to an activating group) is 1. The van der Waals surface area contributed by atoms with Crippen LogP contribution in [0.1, 0.15) is 23.6 Å². The normalized spacial score (nSPS) is 15.2. The van der Waals surface area contributed by atoms with E-state index in [1.54, 1.807) is 37.3 Å². The second-order valence-corrected chi connectivity index (χ2v) is 10.3. The summed E-state index contributed by atoms with van der Waals surface area (Å²) in [6, 6.07) is 16.6. The Morgan fingerprint density at radius 3 is 2.44 bits per heavy atom. The van der Waals surface area contributed by atoms with Gasteiger partial charge < -0.3 is 14.2 Å². The maximum Gasteiger partial charge on any atom is 0.266 e. The van der Waals surface area contributed by atoms with E-state index >= 15 is 0 Å². The molecule has 0 N–H and O–H groups in total. The SMILES string of the molecule is C=CCc1cc(/C=C2/SC(=Nc3ccc(OC)cc3)N(CC)C2=O)cc(OC)c1OCc1ccc(Cl)c(Cl)c1. The molecule has 0 saturated carbocycles. The molecule has 1 saturated heterocycles. The zero-order valence-corrected chi connectivity index (χ0v) is 24.2. The zero-order chi connectivity index (χ0) is 27.9. The fourth-order valence-corrected chi connectivity index (χ4v) is 5.35. The number of carbonyl (C=O) groups excluding carboxylic acids is 1. The molecule has 1 heterocycles. The average Bonchev–Trinajstić information content (AvgIpc) is 3.23. The summed E-state index contributed by atoms with van der Waals surface area (Å²) in [4.78, 5) is 20.2. The van der Waals surface area contributed by atoms with Crippen molar-refractivity contribution in [1.29, 1.82) is 0 Å². The van der Waals surface area contributed by atoms with E-state index in [2.05, 4.69) is 6.58 Å². The van der Waals surface area contributed by atoms with Gasteiger partial charge in [0.15, 0.2) is 16.7 Å². The standard InChI is InChI=1S/C30H28Cl2N2O4S/c1-5-7-21-14-20(16-26(37-4)28(21)38-18-19-8-13-24(31)25(32)15-19)17-27-29(35)34(6-2)30(39-27)33-22-9-11-23(36-3)12-10-22/h5,8-17H,1,6-7,18H2,2-4H3/b27-17+,33-30?. The second kappa shape index (κ2) is 13.1. The molecule has 4 rings (SSSR count). The quantitative estimate of drug-likeness (QED) is 0.179. The maximum atomic E-state index is 13.2. The molecule has 9 heteroatoms. The van der Waals surface area contributed by atoms with Crippen molar-refractivity contribution in [2.24, 2.45) is 4.99 Å². The van der Waals surface area contributed by atoms with E-state index in [4.69, 9.17) is 42.4 Å². The number of ether oxygens (including phenoxy) is 3. The largest absolute Gasteiger partial charge is 0.497 e. The Labute approximate surface area is 242 Å². The summed E-state index contributed by atoms with van der Waals surface area (Å²) in [6.07, 6.45) is 4.20. The number of thioether (sulfide) groups is 1. The van der Waals surface area contributed by atoms with Crippen LogP contribution in [0.2, 0.25) is 10.0 Å². The lowest BCUT2D eigenvalue weighted by Crippen LogP contribution is -2.28. The Kier molecular flexibility index (Phi) is 9.62. The van der Waals surface area contributed by atoms with Crippen molar-refractivity contribution in [3.63, 3.8) is 0 Å². The van der Waals surface area contributed by atoms with Crippen LogP contribution in [-0.2, 0) is 17.8 Å². The van der Waals surface area contributed by atoms with Crippen LogP contribution in [0.15, 0.2) is 77.1 Å². The first-order chi connectivity index (χ1) is 18.9. The van der Waals surface area contributed by atoms with Crippen molar-refractivity contribution in [3.8, 4) is 17.2 Å². The van der Waals surface area contributed by atoms with Gasteiger partial charge in [0.1, 0.15) is 12.4 Å². The van der Waals surface area contributed by atoms with E-state index in [9.17, 15) is 4.79 Å². The van der Waals surface area contributed by atoms with Crippen LogP contribution in [0.25, 0.3) is 6.08 Å². The number of rotatable bonds is 10. The number of amides is 1. The average molecular weight is 584 g/mol. The van der Waals surface area contributed by atoms with Gasteiger partial charge in [-0.3, -0.25) is 9.69 Å². The third kappa shape index (κ3) is 6.79. The first-order valence-electron chi connectivity index (χ1n) is 12.2. The lowest BCUT2D eigenvalue weighted by atomic mass is 10.0. The van der Waals surface area contributed by atoms with Crippen LogP contribution >= 0.6 is 35.0 Å². The maximum absolute atomic E-state index is 13.2. The minimum atomic E-state index is -0.0982. The molecule has 0 aromatic heterocycles. The molecule has 0 bridgehead atoms. The highest BCUT2D eigenvalue weighted by atomic mass is 35.5. The number of hydrogen-bond acceptors (Lipinski definition) is 6. The van der Waals surface area contributed by atoms with Crippen LogP contribution in [0.3, 0.4) is 0 Å². The van der Waals surface area contributed by atoms with E-state index in [1.165, 1.54) is 11.8 Å². The van der Waals surface area contributed by atoms with Gasteiger partial charge in [-0.1, -0.05) is 35.3 Å². The van der Waals surface area contributed by atoms with Crippen molar-refractivity contribution in [1.82, 2.24) is 4.90 Å². The Hall–Kier alpha value is -3.39. The first kappa shape index (κ1) is 28.6. The third-order valence-electron chi connectivity index (χ3n) is 5.90. The van der Waals surface area contributed by atoms with Crippen molar-refractivity contribution in [2.45, 2.75) is 20.0 Å². The molecule has 1 amide bonds. The predicted molar refractivity (Wildman–Crippen MR) is 161 cm³/mol. The fourth-order valence-electron chi connectivity index (χ4n) is 3.96. The van der Waals surface area contributed by atoms with Crippen molar-refractivity contribution in [3.05, 3.63) is 98.9 Å². The fraction of sp³-hybridized carbons (Fsp3) is 0.200. The highest BCUT2D eigenvalue weighted by Crippen LogP contribution is 2.38. The van der Waals surface area contributed by atoms with Gasteiger partial charge in [0, 0.05) is 12.1 Å². The summed E-state index contributed by atoms with van der Waals surface area (Å²) < 4.78 is 17.1. The van der Waals surface area contributed by atoms with Gasteiger partial charge in [-0.2, -0.15) is 0 Å². The number of allylic oxidation sites excluding steroid dienone is 1. The van der Waals surface area contributed by atoms with Crippen molar-refractivity contribution >= 4 is 57.8 Å². The molecule has 0 aliphatic carbocycles. The summed E-state index contributed by atoms with van der Waals surface area (Å²) in [5.41, 5.74) is 3.30. The van der Waals surface area contributed by atoms with Crippen LogP contribution in [-0.4, -0.2) is 36.7 Å². The molecule has 0 radical (unpaired) electrons. The van der Waals surface area contributed by atoms with Gasteiger partial charge in [-0.15, -0.1) is 6.58 Å².